The van der Waals surface area contributed by atoms with Gasteiger partial charge >= 0.3 is 11.9 Å². The van der Waals surface area contributed by atoms with E-state index in [0.29, 0.717) is 6.42 Å². The Balaban J connectivity index is 3.70. The maximum Gasteiger partial charge on any atom is 0.333 e. The minimum atomic E-state index is -0.843. The topological polar surface area (TPSA) is 52.6 Å². The highest BCUT2D eigenvalue weighted by Crippen LogP contribution is 2.01. The summed E-state index contributed by atoms with van der Waals surface area (Å²) in [4.78, 5) is 21.7. The molecule has 0 fully saturated rings. The molecule has 0 aliphatic heterocycles. The Morgan fingerprint density at radius 2 is 2.07 bits per heavy atom. The van der Waals surface area contributed by atoms with E-state index in [2.05, 4.69) is 11.3 Å². The van der Waals surface area contributed by atoms with Gasteiger partial charge in [0.15, 0.2) is 0 Å². The third-order valence-electron chi connectivity index (χ3n) is 1.48. The summed E-state index contributed by atoms with van der Waals surface area (Å²) in [5.41, 5.74) is 0. The summed E-state index contributed by atoms with van der Waals surface area (Å²) in [6, 6.07) is 0. The van der Waals surface area contributed by atoms with Crippen LogP contribution in [0.3, 0.4) is 0 Å². The molecule has 1 atom stereocenters. The van der Waals surface area contributed by atoms with Gasteiger partial charge in [-0.05, 0) is 6.42 Å². The fourth-order valence-corrected chi connectivity index (χ4v) is 0.801. The molecular weight excluding hydrogens is 184 g/mol. The smallest absolute Gasteiger partial charge is 0.333 e. The van der Waals surface area contributed by atoms with Crippen LogP contribution in [0, 0.1) is 0 Å². The molecule has 4 heteroatoms. The van der Waals surface area contributed by atoms with E-state index < -0.39 is 12.3 Å². The second-order valence-electron chi connectivity index (χ2n) is 2.80. The van der Waals surface area contributed by atoms with Crippen LogP contribution in [0.4, 0.5) is 0 Å². The van der Waals surface area contributed by atoms with Crippen molar-refractivity contribution in [2.75, 3.05) is 0 Å². The van der Waals surface area contributed by atoms with Crippen molar-refractivity contribution in [2.24, 2.45) is 0 Å². The van der Waals surface area contributed by atoms with Gasteiger partial charge in [-0.15, -0.1) is 0 Å². The molecular formula is C10H16O4. The van der Waals surface area contributed by atoms with E-state index in [1.54, 1.807) is 0 Å². The molecule has 0 N–H and O–H groups in total. The SMILES string of the molecule is C=CC(=O)OC(C)OC(=O)CCCC. The molecule has 14 heavy (non-hydrogen) atoms. The van der Waals surface area contributed by atoms with Crippen molar-refractivity contribution in [1.82, 2.24) is 0 Å². The van der Waals surface area contributed by atoms with Crippen LogP contribution < -0.4 is 0 Å². The van der Waals surface area contributed by atoms with Crippen LogP contribution in [-0.4, -0.2) is 18.2 Å². The second kappa shape index (κ2) is 7.12. The van der Waals surface area contributed by atoms with Gasteiger partial charge in [-0.1, -0.05) is 19.9 Å². The molecule has 0 rings (SSSR count). The van der Waals surface area contributed by atoms with E-state index in [1.165, 1.54) is 6.92 Å². The van der Waals surface area contributed by atoms with Crippen LogP contribution in [0.5, 0.6) is 0 Å². The van der Waals surface area contributed by atoms with Gasteiger partial charge in [0.1, 0.15) is 0 Å². The lowest BCUT2D eigenvalue weighted by Gasteiger charge is -2.12. The molecule has 0 amide bonds. The molecule has 0 saturated carbocycles. The van der Waals surface area contributed by atoms with Crippen LogP contribution in [-0.2, 0) is 19.1 Å². The molecule has 0 saturated heterocycles. The Bertz CT molecular complexity index is 210. The van der Waals surface area contributed by atoms with Crippen molar-refractivity contribution in [1.29, 1.82) is 0 Å². The Kier molecular flexibility index (Phi) is 6.45. The fourth-order valence-electron chi connectivity index (χ4n) is 0.801. The lowest BCUT2D eigenvalue weighted by atomic mass is 10.2. The zero-order valence-electron chi connectivity index (χ0n) is 8.62. The maximum absolute atomic E-state index is 11.0. The van der Waals surface area contributed by atoms with Gasteiger partial charge in [-0.3, -0.25) is 4.79 Å². The minimum Gasteiger partial charge on any atom is -0.425 e. The standard InChI is InChI=1S/C10H16O4/c1-4-6-7-10(12)14-8(3)13-9(11)5-2/h5,8H,2,4,6-7H2,1,3H3. The first-order valence-electron chi connectivity index (χ1n) is 4.62. The highest BCUT2D eigenvalue weighted by atomic mass is 16.7. The van der Waals surface area contributed by atoms with Gasteiger partial charge in [-0.2, -0.15) is 0 Å². The molecule has 80 valence electrons. The van der Waals surface area contributed by atoms with E-state index in [-0.39, 0.29) is 5.97 Å². The van der Waals surface area contributed by atoms with E-state index in [0.717, 1.165) is 18.9 Å². The second-order valence-corrected chi connectivity index (χ2v) is 2.80. The normalized spacial score (nSPS) is 11.6. The molecule has 0 aliphatic rings. The monoisotopic (exact) mass is 200 g/mol. The number of rotatable bonds is 6. The molecule has 0 aliphatic carbocycles. The van der Waals surface area contributed by atoms with Crippen molar-refractivity contribution < 1.29 is 19.1 Å². The maximum atomic E-state index is 11.0. The first-order valence-corrected chi connectivity index (χ1v) is 4.62. The predicted molar refractivity (Wildman–Crippen MR) is 51.4 cm³/mol. The third kappa shape index (κ3) is 6.22. The van der Waals surface area contributed by atoms with E-state index in [1.807, 2.05) is 6.92 Å². The van der Waals surface area contributed by atoms with Gasteiger partial charge in [0.25, 0.3) is 0 Å². The first kappa shape index (κ1) is 12.7. The Morgan fingerprint density at radius 3 is 2.57 bits per heavy atom. The zero-order chi connectivity index (χ0) is 11.0. The van der Waals surface area contributed by atoms with E-state index in [9.17, 15) is 9.59 Å². The van der Waals surface area contributed by atoms with Crippen LogP contribution in [0.1, 0.15) is 33.1 Å². The Labute approximate surface area is 83.9 Å². The Hall–Kier alpha value is -1.32. The molecule has 1 unspecified atom stereocenters. The number of unbranched alkanes of at least 4 members (excludes halogenated alkanes) is 1. The predicted octanol–water partition coefficient (Wildman–Crippen LogP) is 1.79. The van der Waals surface area contributed by atoms with Gasteiger partial charge in [0.2, 0.25) is 6.29 Å². The average molecular weight is 200 g/mol. The lowest BCUT2D eigenvalue weighted by Crippen LogP contribution is -2.20. The van der Waals surface area contributed by atoms with Crippen molar-refractivity contribution in [3.05, 3.63) is 12.7 Å². The summed E-state index contributed by atoms with van der Waals surface area (Å²) in [7, 11) is 0. The number of hydrogen-bond donors (Lipinski definition) is 0. The summed E-state index contributed by atoms with van der Waals surface area (Å²) in [5.74, 6) is -0.947. The number of carbonyl (C=O) groups is 2. The highest BCUT2D eigenvalue weighted by Gasteiger charge is 2.11. The highest BCUT2D eigenvalue weighted by molar-refractivity contribution is 5.81. The number of ether oxygens (including phenoxy) is 2. The van der Waals surface area contributed by atoms with Gasteiger partial charge in [-0.25, -0.2) is 4.79 Å². The molecule has 0 bridgehead atoms. The summed E-state index contributed by atoms with van der Waals surface area (Å²) in [6.07, 6.45) is 2.24. The zero-order valence-corrected chi connectivity index (χ0v) is 8.62. The molecule has 0 spiro atoms. The van der Waals surface area contributed by atoms with Gasteiger partial charge in [0, 0.05) is 19.4 Å². The van der Waals surface area contributed by atoms with Crippen molar-refractivity contribution in [3.8, 4) is 0 Å². The quantitative estimate of drug-likeness (QED) is 0.372. The van der Waals surface area contributed by atoms with Crippen molar-refractivity contribution >= 4 is 11.9 Å². The molecule has 0 aromatic rings. The van der Waals surface area contributed by atoms with E-state index in [4.69, 9.17) is 4.74 Å². The van der Waals surface area contributed by atoms with Crippen LogP contribution in [0.15, 0.2) is 12.7 Å². The molecule has 0 radical (unpaired) electrons. The lowest BCUT2D eigenvalue weighted by molar-refractivity contribution is -0.181. The van der Waals surface area contributed by atoms with Crippen LogP contribution >= 0.6 is 0 Å². The van der Waals surface area contributed by atoms with Gasteiger partial charge < -0.3 is 9.47 Å². The van der Waals surface area contributed by atoms with Crippen LogP contribution in [0.2, 0.25) is 0 Å². The minimum absolute atomic E-state index is 0.351. The Morgan fingerprint density at radius 1 is 1.43 bits per heavy atom. The molecule has 0 aromatic carbocycles. The largest absolute Gasteiger partial charge is 0.425 e. The van der Waals surface area contributed by atoms with Gasteiger partial charge in [0.05, 0.1) is 0 Å². The number of esters is 2. The fraction of sp³-hybridized carbons (Fsp3) is 0.600. The van der Waals surface area contributed by atoms with Crippen LogP contribution in [0.25, 0.3) is 0 Å². The summed E-state index contributed by atoms with van der Waals surface area (Å²) >= 11 is 0. The first-order chi connectivity index (χ1) is 6.60. The third-order valence-corrected chi connectivity index (χ3v) is 1.48. The number of carbonyl (C=O) groups excluding carboxylic acids is 2. The van der Waals surface area contributed by atoms with Crippen molar-refractivity contribution in [2.45, 2.75) is 39.4 Å². The number of hydrogen-bond acceptors (Lipinski definition) is 4. The summed E-state index contributed by atoms with van der Waals surface area (Å²) in [6.45, 7) is 6.70. The van der Waals surface area contributed by atoms with Crippen molar-refractivity contribution in [3.63, 3.8) is 0 Å². The average Bonchev–Trinajstić information content (AvgIpc) is 2.14. The summed E-state index contributed by atoms with van der Waals surface area (Å²) < 4.78 is 9.45. The molecule has 4 nitrogen and oxygen atoms in total. The molecule has 0 heterocycles. The molecule has 0 aromatic heterocycles. The van der Waals surface area contributed by atoms with E-state index >= 15 is 0 Å². The summed E-state index contributed by atoms with van der Waals surface area (Å²) in [5, 5.41) is 0.